The Hall–Kier alpha value is -3.59. The summed E-state index contributed by atoms with van der Waals surface area (Å²) in [5.41, 5.74) is 3.65. The number of ether oxygens (including phenoxy) is 3. The normalized spacial score (nSPS) is 11.5. The smallest absolute Gasteiger partial charge is 0.203 e. The molecule has 1 N–H and O–H groups in total. The highest BCUT2D eigenvalue weighted by atomic mass is 32.2. The highest BCUT2D eigenvalue weighted by Crippen LogP contribution is 2.43. The van der Waals surface area contributed by atoms with Crippen molar-refractivity contribution >= 4 is 20.7 Å². The maximum atomic E-state index is 11.8. The van der Waals surface area contributed by atoms with Crippen LogP contribution < -0.4 is 14.2 Å². The van der Waals surface area contributed by atoms with Crippen molar-refractivity contribution in [3.05, 3.63) is 48.7 Å². The monoisotopic (exact) mass is 439 g/mol. The van der Waals surface area contributed by atoms with Crippen LogP contribution in [0.4, 0.5) is 0 Å². The average molecular weight is 439 g/mol. The number of nitrogens with zero attached hydrogens (tertiary/aromatic N) is 2. The second-order valence-corrected chi connectivity index (χ2v) is 8.88. The summed E-state index contributed by atoms with van der Waals surface area (Å²) in [5.74, 6) is 1.51. The molecule has 0 aliphatic rings. The maximum Gasteiger partial charge on any atom is 0.203 e. The zero-order valence-corrected chi connectivity index (χ0v) is 18.3. The van der Waals surface area contributed by atoms with Gasteiger partial charge in [0.2, 0.25) is 5.75 Å². The minimum absolute atomic E-state index is 0.249. The van der Waals surface area contributed by atoms with Crippen molar-refractivity contribution in [1.82, 2.24) is 15.2 Å². The van der Waals surface area contributed by atoms with Gasteiger partial charge in [-0.3, -0.25) is 10.1 Å². The van der Waals surface area contributed by atoms with Crippen molar-refractivity contribution in [3.63, 3.8) is 0 Å². The fourth-order valence-corrected chi connectivity index (χ4v) is 4.10. The van der Waals surface area contributed by atoms with Crippen LogP contribution in [0, 0.1) is 0 Å². The van der Waals surface area contributed by atoms with E-state index in [1.807, 2.05) is 18.2 Å². The van der Waals surface area contributed by atoms with Gasteiger partial charge in [0.1, 0.15) is 5.69 Å². The summed E-state index contributed by atoms with van der Waals surface area (Å²) in [6.45, 7) is 0. The number of nitrogens with one attached hydrogen (secondary N) is 1. The van der Waals surface area contributed by atoms with Gasteiger partial charge in [-0.05, 0) is 30.3 Å². The van der Waals surface area contributed by atoms with Crippen molar-refractivity contribution in [2.75, 3.05) is 27.6 Å². The lowest BCUT2D eigenvalue weighted by Crippen LogP contribution is -1.97. The van der Waals surface area contributed by atoms with Crippen molar-refractivity contribution in [2.45, 2.75) is 4.90 Å². The molecule has 4 aromatic rings. The standard InChI is InChI=1S/C22H21N3O5S/c1-28-17-11-14(12-18(29-2)22(17)30-3)20-19-16(9-10-23-20)24-25-21(19)13-5-7-15(8-6-13)31(4,26)27/h5-12H,1-4H3,(H,24,25). The summed E-state index contributed by atoms with van der Waals surface area (Å²) in [4.78, 5) is 4.84. The SMILES string of the molecule is COc1cc(-c2nccc3[nH]nc(-c4ccc(S(C)(=O)=O)cc4)c23)cc(OC)c1OC. The lowest BCUT2D eigenvalue weighted by atomic mass is 10.0. The number of aromatic nitrogens is 3. The summed E-state index contributed by atoms with van der Waals surface area (Å²) >= 11 is 0. The third kappa shape index (κ3) is 3.68. The van der Waals surface area contributed by atoms with Gasteiger partial charge in [0.05, 0.1) is 42.8 Å². The van der Waals surface area contributed by atoms with E-state index in [1.54, 1.807) is 51.8 Å². The number of H-pyrrole nitrogens is 1. The third-order valence-corrected chi connectivity index (χ3v) is 6.10. The van der Waals surface area contributed by atoms with Crippen LogP contribution in [0.5, 0.6) is 17.2 Å². The summed E-state index contributed by atoms with van der Waals surface area (Å²) in [7, 11) is 1.38. The number of pyridine rings is 1. The second-order valence-electron chi connectivity index (χ2n) is 6.86. The van der Waals surface area contributed by atoms with E-state index in [0.29, 0.717) is 28.6 Å². The lowest BCUT2D eigenvalue weighted by molar-refractivity contribution is 0.324. The molecule has 2 aromatic heterocycles. The topological polar surface area (TPSA) is 103 Å². The highest BCUT2D eigenvalue weighted by Gasteiger charge is 2.19. The number of rotatable bonds is 6. The Morgan fingerprint density at radius 2 is 1.48 bits per heavy atom. The quantitative estimate of drug-likeness (QED) is 0.488. The van der Waals surface area contributed by atoms with Crippen molar-refractivity contribution in [3.8, 4) is 39.8 Å². The molecule has 160 valence electrons. The Balaban J connectivity index is 1.93. The van der Waals surface area contributed by atoms with Crippen LogP contribution in [0.2, 0.25) is 0 Å². The van der Waals surface area contributed by atoms with Crippen LogP contribution in [0.1, 0.15) is 0 Å². The predicted molar refractivity (Wildman–Crippen MR) is 118 cm³/mol. The van der Waals surface area contributed by atoms with Gasteiger partial charge < -0.3 is 14.2 Å². The van der Waals surface area contributed by atoms with Crippen molar-refractivity contribution in [1.29, 1.82) is 0 Å². The fourth-order valence-electron chi connectivity index (χ4n) is 3.47. The Kier molecular flexibility index (Phi) is 5.28. The van der Waals surface area contributed by atoms with Gasteiger partial charge in [0.25, 0.3) is 0 Å². The van der Waals surface area contributed by atoms with Crippen LogP contribution in [0.25, 0.3) is 33.4 Å². The average Bonchev–Trinajstić information content (AvgIpc) is 3.21. The molecule has 0 aliphatic heterocycles. The molecule has 4 rings (SSSR count). The maximum absolute atomic E-state index is 11.8. The molecule has 31 heavy (non-hydrogen) atoms. The fraction of sp³-hybridized carbons (Fsp3) is 0.182. The summed E-state index contributed by atoms with van der Waals surface area (Å²) in [5, 5.41) is 8.28. The zero-order chi connectivity index (χ0) is 22.2. The first-order valence-corrected chi connectivity index (χ1v) is 11.2. The lowest BCUT2D eigenvalue weighted by Gasteiger charge is -2.14. The van der Waals surface area contributed by atoms with Gasteiger partial charge in [-0.1, -0.05) is 12.1 Å². The number of benzene rings is 2. The van der Waals surface area contributed by atoms with Crippen LogP contribution in [-0.4, -0.2) is 51.2 Å². The van der Waals surface area contributed by atoms with E-state index in [0.717, 1.165) is 22.0 Å². The number of fused-ring (bicyclic) bond motifs is 1. The first-order chi connectivity index (χ1) is 14.9. The molecule has 8 nitrogen and oxygen atoms in total. The van der Waals surface area contributed by atoms with Gasteiger partial charge in [-0.25, -0.2) is 8.42 Å². The van der Waals surface area contributed by atoms with Crippen molar-refractivity contribution < 1.29 is 22.6 Å². The minimum atomic E-state index is -3.28. The summed E-state index contributed by atoms with van der Waals surface area (Å²) in [6.07, 6.45) is 2.87. The number of hydrogen-bond acceptors (Lipinski definition) is 7. The third-order valence-electron chi connectivity index (χ3n) is 4.97. The van der Waals surface area contributed by atoms with Gasteiger partial charge in [-0.2, -0.15) is 5.10 Å². The van der Waals surface area contributed by atoms with Crippen LogP contribution >= 0.6 is 0 Å². The van der Waals surface area contributed by atoms with Crippen LogP contribution in [0.15, 0.2) is 53.6 Å². The van der Waals surface area contributed by atoms with E-state index in [9.17, 15) is 8.42 Å². The van der Waals surface area contributed by atoms with E-state index < -0.39 is 9.84 Å². The first-order valence-electron chi connectivity index (χ1n) is 9.31. The molecule has 9 heteroatoms. The molecular formula is C22H21N3O5S. The van der Waals surface area contributed by atoms with Gasteiger partial charge in [0, 0.05) is 23.6 Å². The van der Waals surface area contributed by atoms with Gasteiger partial charge in [-0.15, -0.1) is 0 Å². The summed E-state index contributed by atoms with van der Waals surface area (Å²) in [6, 6.07) is 12.1. The number of hydrogen-bond donors (Lipinski definition) is 1. The second kappa shape index (κ2) is 7.92. The molecule has 0 spiro atoms. The van der Waals surface area contributed by atoms with E-state index >= 15 is 0 Å². The molecule has 0 saturated carbocycles. The number of sulfone groups is 1. The molecule has 2 aromatic carbocycles. The Labute approximate surface area is 179 Å². The van der Waals surface area contributed by atoms with E-state index in [1.165, 1.54) is 6.26 Å². The van der Waals surface area contributed by atoms with Crippen LogP contribution in [-0.2, 0) is 9.84 Å². The minimum Gasteiger partial charge on any atom is -0.493 e. The van der Waals surface area contributed by atoms with Crippen LogP contribution in [0.3, 0.4) is 0 Å². The molecule has 2 heterocycles. The van der Waals surface area contributed by atoms with E-state index in [2.05, 4.69) is 15.2 Å². The molecule has 0 aliphatic carbocycles. The Morgan fingerprint density at radius 3 is 2.03 bits per heavy atom. The number of aromatic amines is 1. The highest BCUT2D eigenvalue weighted by molar-refractivity contribution is 7.90. The Bertz CT molecular complexity index is 1340. The molecule has 0 saturated heterocycles. The summed E-state index contributed by atoms with van der Waals surface area (Å²) < 4.78 is 40.0. The van der Waals surface area contributed by atoms with Gasteiger partial charge >= 0.3 is 0 Å². The van der Waals surface area contributed by atoms with E-state index in [4.69, 9.17) is 14.2 Å². The zero-order valence-electron chi connectivity index (χ0n) is 17.5. The van der Waals surface area contributed by atoms with E-state index in [-0.39, 0.29) is 4.90 Å². The first kappa shape index (κ1) is 20.7. The molecular weight excluding hydrogens is 418 g/mol. The molecule has 0 atom stereocenters. The molecule has 0 amide bonds. The molecule has 0 unspecified atom stereocenters. The molecule has 0 fully saturated rings. The Morgan fingerprint density at radius 1 is 0.839 bits per heavy atom. The molecule has 0 bridgehead atoms. The van der Waals surface area contributed by atoms with Crippen molar-refractivity contribution in [2.24, 2.45) is 0 Å². The largest absolute Gasteiger partial charge is 0.493 e. The molecule has 0 radical (unpaired) electrons. The predicted octanol–water partition coefficient (Wildman–Crippen LogP) is 3.72. The number of methoxy groups -OCH3 is 3. The van der Waals surface area contributed by atoms with Gasteiger partial charge in [0.15, 0.2) is 21.3 Å².